The molecule has 1 aromatic heterocycles. The van der Waals surface area contributed by atoms with Crippen LogP contribution in [0.1, 0.15) is 79.9 Å². The summed E-state index contributed by atoms with van der Waals surface area (Å²) in [4.78, 5) is 13.0. The minimum Gasteiger partial charge on any atom is -0.381 e. The molecule has 210 valence electrons. The Kier molecular flexibility index (Phi) is 9.70. The lowest BCUT2D eigenvalue weighted by atomic mass is 9.89. The van der Waals surface area contributed by atoms with Crippen molar-refractivity contribution in [3.63, 3.8) is 0 Å². The molecule has 2 aliphatic rings. The van der Waals surface area contributed by atoms with Gasteiger partial charge in [0.05, 0.1) is 16.0 Å². The van der Waals surface area contributed by atoms with Gasteiger partial charge in [-0.1, -0.05) is 32.3 Å². The molecule has 1 saturated heterocycles. The molecule has 2 N–H and O–H groups in total. The van der Waals surface area contributed by atoms with E-state index in [9.17, 15) is 22.2 Å². The Morgan fingerprint density at radius 1 is 1.11 bits per heavy atom. The van der Waals surface area contributed by atoms with Crippen molar-refractivity contribution in [1.29, 1.82) is 0 Å². The van der Waals surface area contributed by atoms with Gasteiger partial charge in [-0.05, 0) is 68.7 Å². The molecular weight excluding hydrogens is 515 g/mol. The summed E-state index contributed by atoms with van der Waals surface area (Å²) < 4.78 is 65.1. The highest BCUT2D eigenvalue weighted by molar-refractivity contribution is 7.83. The van der Waals surface area contributed by atoms with E-state index in [-0.39, 0.29) is 16.8 Å². The van der Waals surface area contributed by atoms with Crippen LogP contribution in [0.2, 0.25) is 0 Å². The van der Waals surface area contributed by atoms with Gasteiger partial charge in [0, 0.05) is 43.7 Å². The van der Waals surface area contributed by atoms with Crippen molar-refractivity contribution in [3.8, 4) is 11.3 Å². The number of halogens is 3. The molecular formula is C28H38F3N3O3S. The zero-order valence-electron chi connectivity index (χ0n) is 22.2. The van der Waals surface area contributed by atoms with Crippen LogP contribution in [0.5, 0.6) is 0 Å². The molecule has 1 aliphatic carbocycles. The topological polar surface area (TPSA) is 72.4 Å². The molecule has 1 saturated carbocycles. The zero-order chi connectivity index (χ0) is 27.3. The van der Waals surface area contributed by atoms with Crippen LogP contribution >= 0.6 is 0 Å². The molecule has 0 spiro atoms. The molecule has 2 heterocycles. The second kappa shape index (κ2) is 12.8. The number of benzene rings is 1. The third-order valence-electron chi connectivity index (χ3n) is 7.60. The van der Waals surface area contributed by atoms with Gasteiger partial charge in [0.1, 0.15) is 11.0 Å². The number of nitrogens with zero attached hydrogens (tertiary/aromatic N) is 1. The Morgan fingerprint density at radius 3 is 2.47 bits per heavy atom. The molecule has 2 aromatic rings. The summed E-state index contributed by atoms with van der Waals surface area (Å²) in [5, 5.41) is 3.09. The number of amides is 1. The highest BCUT2D eigenvalue weighted by atomic mass is 32.2. The largest absolute Gasteiger partial charge is 0.417 e. The molecule has 0 bridgehead atoms. The van der Waals surface area contributed by atoms with E-state index in [1.165, 1.54) is 12.5 Å². The number of hydrogen-bond acceptors (Lipinski definition) is 3. The first-order chi connectivity index (χ1) is 18.2. The van der Waals surface area contributed by atoms with E-state index in [2.05, 4.69) is 10.0 Å². The summed E-state index contributed by atoms with van der Waals surface area (Å²) in [6.45, 7) is 5.92. The summed E-state index contributed by atoms with van der Waals surface area (Å²) >= 11 is 0. The van der Waals surface area contributed by atoms with E-state index >= 15 is 0 Å². The third kappa shape index (κ3) is 6.87. The van der Waals surface area contributed by atoms with Crippen LogP contribution in [0.3, 0.4) is 0 Å². The molecule has 1 aliphatic heterocycles. The quantitative estimate of drug-likeness (QED) is 0.401. The third-order valence-corrected chi connectivity index (χ3v) is 8.82. The van der Waals surface area contributed by atoms with Crippen LogP contribution in [0, 0.1) is 12.8 Å². The van der Waals surface area contributed by atoms with Gasteiger partial charge in [-0.3, -0.25) is 4.79 Å². The number of nitrogens with one attached hydrogen (secondary N) is 2. The van der Waals surface area contributed by atoms with E-state index in [4.69, 9.17) is 4.74 Å². The van der Waals surface area contributed by atoms with Gasteiger partial charge in [0.15, 0.2) is 0 Å². The lowest BCUT2D eigenvalue weighted by molar-refractivity contribution is -0.139. The summed E-state index contributed by atoms with van der Waals surface area (Å²) in [5.41, 5.74) is 1.24. The van der Waals surface area contributed by atoms with Crippen molar-refractivity contribution in [3.05, 3.63) is 41.1 Å². The van der Waals surface area contributed by atoms with Crippen molar-refractivity contribution in [1.82, 2.24) is 14.6 Å². The first kappa shape index (κ1) is 28.8. The molecule has 38 heavy (non-hydrogen) atoms. The maximum Gasteiger partial charge on any atom is 0.417 e. The van der Waals surface area contributed by atoms with Crippen LogP contribution in [-0.4, -0.2) is 40.5 Å². The molecule has 4 rings (SSSR count). The minimum absolute atomic E-state index is 0.0162. The molecule has 2 fully saturated rings. The van der Waals surface area contributed by atoms with Gasteiger partial charge in [-0.25, -0.2) is 8.93 Å². The fraction of sp³-hybridized carbons (Fsp3) is 0.607. The van der Waals surface area contributed by atoms with Crippen molar-refractivity contribution in [2.75, 3.05) is 19.8 Å². The van der Waals surface area contributed by atoms with Crippen molar-refractivity contribution in [2.24, 2.45) is 5.92 Å². The van der Waals surface area contributed by atoms with Gasteiger partial charge in [-0.2, -0.15) is 13.2 Å². The highest BCUT2D eigenvalue weighted by Crippen LogP contribution is 2.38. The maximum atomic E-state index is 14.1. The summed E-state index contributed by atoms with van der Waals surface area (Å²) in [7, 11) is -1.98. The van der Waals surface area contributed by atoms with Crippen LogP contribution < -0.4 is 10.0 Å². The molecule has 6 nitrogen and oxygen atoms in total. The number of hydrogen-bond donors (Lipinski definition) is 2. The average Bonchev–Trinajstić information content (AvgIpc) is 3.23. The smallest absolute Gasteiger partial charge is 0.381 e. The summed E-state index contributed by atoms with van der Waals surface area (Å²) in [6.07, 6.45) is 3.06. The van der Waals surface area contributed by atoms with Crippen molar-refractivity contribution in [2.45, 2.75) is 88.9 Å². The van der Waals surface area contributed by atoms with Crippen LogP contribution in [0.4, 0.5) is 13.2 Å². The number of carbonyl (C=O) groups is 1. The van der Waals surface area contributed by atoms with Gasteiger partial charge < -0.3 is 14.6 Å². The Bertz CT molecular complexity index is 1140. The Balaban J connectivity index is 1.73. The van der Waals surface area contributed by atoms with Crippen LogP contribution in [-0.2, 0) is 28.4 Å². The van der Waals surface area contributed by atoms with Gasteiger partial charge in [-0.15, -0.1) is 0 Å². The molecule has 10 heteroatoms. The number of rotatable bonds is 9. The van der Waals surface area contributed by atoms with Crippen molar-refractivity contribution >= 4 is 16.9 Å². The van der Waals surface area contributed by atoms with E-state index in [1.54, 1.807) is 12.1 Å². The molecule has 1 aromatic carbocycles. The lowest BCUT2D eigenvalue weighted by Crippen LogP contribution is -2.39. The average molecular weight is 554 g/mol. The predicted molar refractivity (Wildman–Crippen MR) is 142 cm³/mol. The molecule has 0 radical (unpaired) electrons. The van der Waals surface area contributed by atoms with Crippen molar-refractivity contribution < 1.29 is 26.9 Å². The lowest BCUT2D eigenvalue weighted by Gasteiger charge is -2.25. The summed E-state index contributed by atoms with van der Waals surface area (Å²) in [6, 6.07) is 5.69. The van der Waals surface area contributed by atoms with E-state index in [1.807, 2.05) is 18.4 Å². The highest BCUT2D eigenvalue weighted by Gasteiger charge is 2.36. The first-order valence-electron chi connectivity index (χ1n) is 13.6. The van der Waals surface area contributed by atoms with Crippen LogP contribution in [0.25, 0.3) is 11.3 Å². The van der Waals surface area contributed by atoms with E-state index in [0.717, 1.165) is 50.3 Å². The fourth-order valence-electron chi connectivity index (χ4n) is 5.43. The van der Waals surface area contributed by atoms with E-state index < -0.39 is 22.7 Å². The molecule has 1 amide bonds. The Morgan fingerprint density at radius 2 is 1.82 bits per heavy atom. The SMILES string of the molecule is CCCNS(=O)c1ccc(-c2cc(C(=O)NC3CCOCC3)c(C)n2CC2CCCCC2)cc1C(F)(F)F. The van der Waals surface area contributed by atoms with Gasteiger partial charge >= 0.3 is 6.18 Å². The standard InChI is InChI=1S/C28H38F3N3O3S/c1-3-13-32-38(36)26-10-9-21(16-24(26)28(29,30)31)25-17-23(27(35)33-22-11-14-37-15-12-22)19(2)34(25)18-20-7-5-4-6-8-20/h9-10,16-17,20,22,32H,3-8,11-15,18H2,1-2H3,(H,33,35). The Hall–Kier alpha value is -2.17. The second-order valence-corrected chi connectivity index (χ2v) is 11.6. The minimum atomic E-state index is -4.67. The molecule has 1 unspecified atom stereocenters. The Labute approximate surface area is 225 Å². The number of alkyl halides is 3. The monoisotopic (exact) mass is 553 g/mol. The fourth-order valence-corrected chi connectivity index (χ4v) is 6.54. The normalized spacial score (nSPS) is 18.4. The number of carbonyl (C=O) groups excluding carboxylic acids is 1. The second-order valence-electron chi connectivity index (χ2n) is 10.4. The van der Waals surface area contributed by atoms with E-state index in [0.29, 0.717) is 55.5 Å². The first-order valence-corrected chi connectivity index (χ1v) is 14.8. The van der Waals surface area contributed by atoms with Crippen LogP contribution in [0.15, 0.2) is 29.2 Å². The zero-order valence-corrected chi connectivity index (χ0v) is 23.0. The number of ether oxygens (including phenoxy) is 1. The summed E-state index contributed by atoms with van der Waals surface area (Å²) in [5.74, 6) is 0.197. The maximum absolute atomic E-state index is 14.1. The predicted octanol–water partition coefficient (Wildman–Crippen LogP) is 5.99. The van der Waals surface area contributed by atoms with Gasteiger partial charge in [0.2, 0.25) is 0 Å². The molecule has 1 atom stereocenters. The van der Waals surface area contributed by atoms with Gasteiger partial charge in [0.25, 0.3) is 5.91 Å². The number of aromatic nitrogens is 1.